The Balaban J connectivity index is 2.19. The summed E-state index contributed by atoms with van der Waals surface area (Å²) in [6.45, 7) is 7.21. The van der Waals surface area contributed by atoms with Gasteiger partial charge in [0.25, 0.3) is 0 Å². The van der Waals surface area contributed by atoms with Gasteiger partial charge < -0.3 is 15.0 Å². The molecule has 0 atom stereocenters. The number of nitrogens with zero attached hydrogens (tertiary/aromatic N) is 2. The van der Waals surface area contributed by atoms with Crippen LogP contribution in [0.5, 0.6) is 0 Å². The Morgan fingerprint density at radius 1 is 1.22 bits per heavy atom. The molecule has 0 aromatic carbocycles. The lowest BCUT2D eigenvalue weighted by atomic mass is 10.1. The summed E-state index contributed by atoms with van der Waals surface area (Å²) in [7, 11) is 1.26. The van der Waals surface area contributed by atoms with Gasteiger partial charge in [-0.3, -0.25) is 9.59 Å². The lowest BCUT2D eigenvalue weighted by Crippen LogP contribution is -2.17. The average Bonchev–Trinajstić information content (AvgIpc) is 3.20. The number of rotatable bonds is 8. The van der Waals surface area contributed by atoms with Crippen molar-refractivity contribution in [3.8, 4) is 0 Å². The second-order valence-corrected chi connectivity index (χ2v) is 7.22. The number of amides is 1. The van der Waals surface area contributed by atoms with Crippen molar-refractivity contribution in [2.24, 2.45) is 0 Å². The number of anilines is 1. The summed E-state index contributed by atoms with van der Waals surface area (Å²) in [6.07, 6.45) is 1.80. The van der Waals surface area contributed by atoms with Crippen LogP contribution in [0, 0.1) is 6.92 Å². The quantitative estimate of drug-likeness (QED) is 0.526. The molecule has 8 nitrogen and oxygen atoms in total. The molecule has 2 aromatic heterocycles. The summed E-state index contributed by atoms with van der Waals surface area (Å²) in [5, 5.41) is 12.2. The molecule has 0 unspecified atom stereocenters. The average molecular weight is 392 g/mol. The molecule has 0 aliphatic heterocycles. The highest BCUT2D eigenvalue weighted by Crippen LogP contribution is 2.28. The Morgan fingerprint density at radius 2 is 1.89 bits per heavy atom. The van der Waals surface area contributed by atoms with Crippen LogP contribution >= 0.6 is 11.3 Å². The van der Waals surface area contributed by atoms with Crippen molar-refractivity contribution >= 4 is 34.1 Å². The van der Waals surface area contributed by atoms with E-state index in [1.807, 2.05) is 0 Å². The lowest BCUT2D eigenvalue weighted by molar-refractivity contribution is -0.115. The maximum absolute atomic E-state index is 12.4. The number of hydrogen-bond acceptors (Lipinski definition) is 7. The van der Waals surface area contributed by atoms with E-state index in [0.29, 0.717) is 28.0 Å². The highest BCUT2D eigenvalue weighted by molar-refractivity contribution is 7.15. The molecule has 0 aliphatic rings. The largest absolute Gasteiger partial charge is 0.465 e. The molecular weight excluding hydrogens is 368 g/mol. The number of ketones is 1. The van der Waals surface area contributed by atoms with E-state index in [0.717, 1.165) is 17.8 Å². The van der Waals surface area contributed by atoms with E-state index in [1.165, 1.54) is 25.4 Å². The fourth-order valence-corrected chi connectivity index (χ4v) is 3.96. The summed E-state index contributed by atoms with van der Waals surface area (Å²) >= 11 is 1.35. The third-order valence-corrected chi connectivity index (χ3v) is 5.43. The standard InChI is InChI=1S/C18H24N4O4S/c1-6-11(7-2)16-21-22-18(27-16)20-13(24)8-12-14(17(25)26-5)9(3)15(19-12)10(4)23/h11,19H,6-8H2,1-5H3,(H,20,22,24). The van der Waals surface area contributed by atoms with Gasteiger partial charge in [0.05, 0.1) is 24.8 Å². The van der Waals surface area contributed by atoms with Gasteiger partial charge in [-0.2, -0.15) is 0 Å². The topological polar surface area (TPSA) is 114 Å². The number of nitrogens with one attached hydrogen (secondary N) is 2. The number of carbonyl (C=O) groups excluding carboxylic acids is 3. The van der Waals surface area contributed by atoms with Gasteiger partial charge in [0.2, 0.25) is 11.0 Å². The highest BCUT2D eigenvalue weighted by atomic mass is 32.1. The third-order valence-electron chi connectivity index (χ3n) is 4.43. The van der Waals surface area contributed by atoms with Gasteiger partial charge in [-0.15, -0.1) is 10.2 Å². The molecule has 9 heteroatoms. The van der Waals surface area contributed by atoms with Gasteiger partial charge in [0, 0.05) is 18.5 Å². The summed E-state index contributed by atoms with van der Waals surface area (Å²) in [6, 6.07) is 0. The number of ether oxygens (including phenoxy) is 1. The number of carbonyl (C=O) groups is 3. The highest BCUT2D eigenvalue weighted by Gasteiger charge is 2.24. The van der Waals surface area contributed by atoms with Crippen LogP contribution in [0.1, 0.15) is 76.6 Å². The van der Waals surface area contributed by atoms with Crippen LogP contribution < -0.4 is 5.32 Å². The third kappa shape index (κ3) is 4.60. The van der Waals surface area contributed by atoms with Gasteiger partial charge in [0.15, 0.2) is 5.78 Å². The van der Waals surface area contributed by atoms with Gasteiger partial charge in [-0.25, -0.2) is 4.79 Å². The molecular formula is C18H24N4O4S. The predicted molar refractivity (Wildman–Crippen MR) is 102 cm³/mol. The molecule has 0 bridgehead atoms. The molecule has 2 aromatic rings. The van der Waals surface area contributed by atoms with Gasteiger partial charge in [0.1, 0.15) is 5.01 Å². The summed E-state index contributed by atoms with van der Waals surface area (Å²) in [5.74, 6) is -0.846. The zero-order chi connectivity index (χ0) is 20.1. The number of aromatic amines is 1. The van der Waals surface area contributed by atoms with Crippen LogP contribution in [-0.4, -0.2) is 40.0 Å². The van der Waals surface area contributed by atoms with Crippen molar-refractivity contribution in [1.82, 2.24) is 15.2 Å². The first-order valence-corrected chi connectivity index (χ1v) is 9.57. The first kappa shape index (κ1) is 20.8. The molecule has 0 saturated heterocycles. The first-order chi connectivity index (χ1) is 12.8. The second kappa shape index (κ2) is 8.90. The van der Waals surface area contributed by atoms with E-state index in [4.69, 9.17) is 4.74 Å². The zero-order valence-electron chi connectivity index (χ0n) is 16.1. The van der Waals surface area contributed by atoms with Gasteiger partial charge in [-0.1, -0.05) is 25.2 Å². The minimum Gasteiger partial charge on any atom is -0.465 e. The number of aromatic nitrogens is 3. The summed E-state index contributed by atoms with van der Waals surface area (Å²) in [4.78, 5) is 39.1. The van der Waals surface area contributed by atoms with E-state index in [9.17, 15) is 14.4 Å². The molecule has 0 radical (unpaired) electrons. The van der Waals surface area contributed by atoms with E-state index < -0.39 is 5.97 Å². The zero-order valence-corrected chi connectivity index (χ0v) is 17.0. The van der Waals surface area contributed by atoms with Crippen molar-refractivity contribution in [3.63, 3.8) is 0 Å². The van der Waals surface area contributed by atoms with Crippen LogP contribution in [0.15, 0.2) is 0 Å². The normalized spacial score (nSPS) is 10.9. The second-order valence-electron chi connectivity index (χ2n) is 6.21. The Labute approximate surface area is 161 Å². The van der Waals surface area contributed by atoms with E-state index >= 15 is 0 Å². The van der Waals surface area contributed by atoms with Crippen LogP contribution in [0.3, 0.4) is 0 Å². The molecule has 27 heavy (non-hydrogen) atoms. The molecule has 2 rings (SSSR count). The Kier molecular flexibility index (Phi) is 6.84. The maximum Gasteiger partial charge on any atom is 0.339 e. The molecule has 2 N–H and O–H groups in total. The maximum atomic E-state index is 12.4. The summed E-state index contributed by atoms with van der Waals surface area (Å²) in [5.41, 5.74) is 1.33. The first-order valence-electron chi connectivity index (χ1n) is 8.76. The monoisotopic (exact) mass is 392 g/mol. The molecule has 0 spiro atoms. The van der Waals surface area contributed by atoms with E-state index in [1.54, 1.807) is 6.92 Å². The van der Waals surface area contributed by atoms with Crippen LogP contribution in [-0.2, 0) is 16.0 Å². The lowest BCUT2D eigenvalue weighted by Gasteiger charge is -2.06. The Bertz CT molecular complexity index is 852. The van der Waals surface area contributed by atoms with Crippen molar-refractivity contribution in [2.45, 2.75) is 52.9 Å². The van der Waals surface area contributed by atoms with Crippen molar-refractivity contribution in [3.05, 3.63) is 27.5 Å². The molecule has 1 amide bonds. The number of methoxy groups -OCH3 is 1. The van der Waals surface area contributed by atoms with Gasteiger partial charge in [-0.05, 0) is 25.3 Å². The molecule has 2 heterocycles. The predicted octanol–water partition coefficient (Wildman–Crippen LogP) is 3.25. The van der Waals surface area contributed by atoms with E-state index in [-0.39, 0.29) is 23.7 Å². The van der Waals surface area contributed by atoms with Gasteiger partial charge >= 0.3 is 5.97 Å². The van der Waals surface area contributed by atoms with Crippen molar-refractivity contribution in [1.29, 1.82) is 0 Å². The number of hydrogen-bond donors (Lipinski definition) is 2. The summed E-state index contributed by atoms with van der Waals surface area (Å²) < 4.78 is 4.78. The van der Waals surface area contributed by atoms with Crippen LogP contribution in [0.2, 0.25) is 0 Å². The van der Waals surface area contributed by atoms with Crippen molar-refractivity contribution in [2.75, 3.05) is 12.4 Å². The van der Waals surface area contributed by atoms with E-state index in [2.05, 4.69) is 34.3 Å². The fourth-order valence-electron chi connectivity index (χ4n) is 2.93. The minimum absolute atomic E-state index is 0.113. The number of Topliss-reactive ketones (excluding diaryl/α,β-unsaturated/α-hetero) is 1. The van der Waals surface area contributed by atoms with Crippen molar-refractivity contribution < 1.29 is 19.1 Å². The Hall–Kier alpha value is -2.55. The molecule has 146 valence electrons. The smallest absolute Gasteiger partial charge is 0.339 e. The van der Waals surface area contributed by atoms with Crippen LogP contribution in [0.25, 0.3) is 0 Å². The Morgan fingerprint density at radius 3 is 2.44 bits per heavy atom. The molecule has 0 aliphatic carbocycles. The minimum atomic E-state index is -0.592. The molecule has 0 saturated carbocycles. The number of esters is 1. The van der Waals surface area contributed by atoms with Crippen LogP contribution in [0.4, 0.5) is 5.13 Å². The SMILES string of the molecule is CCC(CC)c1nnc(NC(=O)Cc2[nH]c(C(C)=O)c(C)c2C(=O)OC)s1. The molecule has 0 fully saturated rings. The fraction of sp³-hybridized carbons (Fsp3) is 0.500. The number of H-pyrrole nitrogens is 1.